The van der Waals surface area contributed by atoms with Crippen molar-refractivity contribution in [2.24, 2.45) is 0 Å². The van der Waals surface area contributed by atoms with Crippen LogP contribution in [0.3, 0.4) is 0 Å². The summed E-state index contributed by atoms with van der Waals surface area (Å²) >= 11 is 0. The molecule has 0 saturated heterocycles. The molecule has 2 nitrogen and oxygen atoms in total. The fraction of sp³-hybridized carbons (Fsp3) is 0.923. The van der Waals surface area contributed by atoms with Gasteiger partial charge in [-0.25, -0.2) is 0 Å². The number of hydrogen-bond donors (Lipinski definition) is 0. The molecule has 0 rings (SSSR count). The van der Waals surface area contributed by atoms with E-state index in [0.29, 0.717) is 19.8 Å². The van der Waals surface area contributed by atoms with E-state index in [2.05, 4.69) is 13.8 Å². The summed E-state index contributed by atoms with van der Waals surface area (Å²) in [4.78, 5) is 0. The zero-order chi connectivity index (χ0) is 11.2. The summed E-state index contributed by atoms with van der Waals surface area (Å²) in [5.74, 6) is 0. The lowest BCUT2D eigenvalue weighted by Gasteiger charge is -2.04. The summed E-state index contributed by atoms with van der Waals surface area (Å²) in [6, 6.07) is 0. The molecule has 0 spiro atoms. The monoisotopic (exact) mass is 215 g/mol. The van der Waals surface area contributed by atoms with E-state index in [1.165, 1.54) is 44.9 Å². The first-order valence-corrected chi connectivity index (χ1v) is 6.36. The number of rotatable bonds is 12. The summed E-state index contributed by atoms with van der Waals surface area (Å²) < 4.78 is 10.5. The quantitative estimate of drug-likeness (QED) is 0.463. The SMILES string of the molecule is [CH2]COCCOCCCCCCCCC. The first-order chi connectivity index (χ1) is 7.41. The molecule has 0 aliphatic carbocycles. The number of ether oxygens (including phenoxy) is 2. The average Bonchev–Trinajstić information content (AvgIpc) is 2.26. The van der Waals surface area contributed by atoms with Gasteiger partial charge >= 0.3 is 0 Å². The van der Waals surface area contributed by atoms with Crippen molar-refractivity contribution in [3.8, 4) is 0 Å². The van der Waals surface area contributed by atoms with Gasteiger partial charge in [0.2, 0.25) is 0 Å². The lowest BCUT2D eigenvalue weighted by molar-refractivity contribution is 0.0561. The molecule has 0 unspecified atom stereocenters. The lowest BCUT2D eigenvalue weighted by atomic mass is 10.1. The minimum absolute atomic E-state index is 0.542. The van der Waals surface area contributed by atoms with Crippen molar-refractivity contribution in [1.82, 2.24) is 0 Å². The molecule has 0 fully saturated rings. The predicted molar refractivity (Wildman–Crippen MR) is 65.0 cm³/mol. The van der Waals surface area contributed by atoms with Crippen molar-refractivity contribution < 1.29 is 9.47 Å². The van der Waals surface area contributed by atoms with Crippen LogP contribution in [0.1, 0.15) is 51.9 Å². The third-order valence-corrected chi connectivity index (χ3v) is 2.41. The molecule has 15 heavy (non-hydrogen) atoms. The van der Waals surface area contributed by atoms with Crippen molar-refractivity contribution in [3.05, 3.63) is 6.92 Å². The maximum atomic E-state index is 5.41. The van der Waals surface area contributed by atoms with Crippen LogP contribution >= 0.6 is 0 Å². The molecule has 0 aromatic heterocycles. The van der Waals surface area contributed by atoms with Crippen LogP contribution in [0.4, 0.5) is 0 Å². The Morgan fingerprint density at radius 1 is 0.733 bits per heavy atom. The molecule has 91 valence electrons. The van der Waals surface area contributed by atoms with Crippen LogP contribution in [0.5, 0.6) is 0 Å². The van der Waals surface area contributed by atoms with E-state index >= 15 is 0 Å². The lowest BCUT2D eigenvalue weighted by Crippen LogP contribution is -2.04. The Hall–Kier alpha value is -0.0800. The van der Waals surface area contributed by atoms with E-state index in [1.54, 1.807) is 0 Å². The second-order valence-electron chi connectivity index (χ2n) is 3.85. The van der Waals surface area contributed by atoms with Gasteiger partial charge in [-0.3, -0.25) is 0 Å². The van der Waals surface area contributed by atoms with E-state index in [0.717, 1.165) is 6.61 Å². The van der Waals surface area contributed by atoms with Gasteiger partial charge in [0.15, 0.2) is 0 Å². The van der Waals surface area contributed by atoms with E-state index in [9.17, 15) is 0 Å². The summed E-state index contributed by atoms with van der Waals surface area (Å²) in [7, 11) is 0. The minimum Gasteiger partial charge on any atom is -0.379 e. The molecule has 0 aromatic rings. The van der Waals surface area contributed by atoms with E-state index in [1.807, 2.05) is 0 Å². The molecule has 0 aromatic carbocycles. The Kier molecular flexibility index (Phi) is 13.8. The Labute approximate surface area is 95.3 Å². The van der Waals surface area contributed by atoms with Crippen LogP contribution in [0, 0.1) is 6.92 Å². The second kappa shape index (κ2) is 13.9. The Morgan fingerprint density at radius 3 is 2.00 bits per heavy atom. The van der Waals surface area contributed by atoms with Crippen molar-refractivity contribution in [2.75, 3.05) is 26.4 Å². The first kappa shape index (κ1) is 14.9. The average molecular weight is 215 g/mol. The summed E-state index contributed by atoms with van der Waals surface area (Å²) in [6.45, 7) is 8.66. The van der Waals surface area contributed by atoms with Gasteiger partial charge in [-0.05, 0) is 13.3 Å². The van der Waals surface area contributed by atoms with Crippen LogP contribution in [0.25, 0.3) is 0 Å². The zero-order valence-corrected chi connectivity index (χ0v) is 10.3. The van der Waals surface area contributed by atoms with Gasteiger partial charge in [-0.15, -0.1) is 0 Å². The second-order valence-corrected chi connectivity index (χ2v) is 3.85. The van der Waals surface area contributed by atoms with E-state index in [-0.39, 0.29) is 0 Å². The fourth-order valence-corrected chi connectivity index (χ4v) is 1.48. The van der Waals surface area contributed by atoms with Gasteiger partial charge in [-0.2, -0.15) is 0 Å². The largest absolute Gasteiger partial charge is 0.379 e. The third kappa shape index (κ3) is 13.9. The molecule has 0 aliphatic heterocycles. The van der Waals surface area contributed by atoms with Gasteiger partial charge in [0.1, 0.15) is 0 Å². The highest BCUT2D eigenvalue weighted by molar-refractivity contribution is 4.44. The number of unbranched alkanes of at least 4 members (excludes halogenated alkanes) is 6. The van der Waals surface area contributed by atoms with Crippen molar-refractivity contribution in [3.63, 3.8) is 0 Å². The van der Waals surface area contributed by atoms with Gasteiger partial charge in [-0.1, -0.05) is 45.4 Å². The van der Waals surface area contributed by atoms with E-state index in [4.69, 9.17) is 9.47 Å². The Morgan fingerprint density at radius 2 is 1.33 bits per heavy atom. The molecular weight excluding hydrogens is 188 g/mol. The van der Waals surface area contributed by atoms with Gasteiger partial charge in [0.05, 0.1) is 13.2 Å². The van der Waals surface area contributed by atoms with Crippen molar-refractivity contribution in [1.29, 1.82) is 0 Å². The summed E-state index contributed by atoms with van der Waals surface area (Å²) in [6.07, 6.45) is 9.36. The normalized spacial score (nSPS) is 10.8. The van der Waals surface area contributed by atoms with Crippen LogP contribution in [-0.2, 0) is 9.47 Å². The zero-order valence-electron chi connectivity index (χ0n) is 10.3. The maximum absolute atomic E-state index is 5.41. The standard InChI is InChI=1S/C13H27O2/c1-3-5-6-7-8-9-10-11-15-13-12-14-4-2/h2-13H2,1H3. The van der Waals surface area contributed by atoms with Crippen LogP contribution in [0.2, 0.25) is 0 Å². The smallest absolute Gasteiger partial charge is 0.0700 e. The molecule has 0 bridgehead atoms. The van der Waals surface area contributed by atoms with Gasteiger partial charge < -0.3 is 9.47 Å². The van der Waals surface area contributed by atoms with Gasteiger partial charge in [0, 0.05) is 13.2 Å². The molecule has 2 heteroatoms. The highest BCUT2D eigenvalue weighted by Gasteiger charge is 1.91. The first-order valence-electron chi connectivity index (χ1n) is 6.36. The third-order valence-electron chi connectivity index (χ3n) is 2.41. The Bertz CT molecular complexity index is 92.7. The molecular formula is C13H27O2. The van der Waals surface area contributed by atoms with Crippen LogP contribution < -0.4 is 0 Å². The Balaban J connectivity index is 2.81. The van der Waals surface area contributed by atoms with E-state index < -0.39 is 0 Å². The summed E-state index contributed by atoms with van der Waals surface area (Å²) in [5.41, 5.74) is 0. The van der Waals surface area contributed by atoms with Crippen molar-refractivity contribution >= 4 is 0 Å². The molecule has 0 N–H and O–H groups in total. The molecule has 0 aliphatic rings. The predicted octanol–water partition coefficient (Wildman–Crippen LogP) is 3.60. The topological polar surface area (TPSA) is 18.5 Å². The molecule has 0 atom stereocenters. The molecule has 0 amide bonds. The fourth-order valence-electron chi connectivity index (χ4n) is 1.48. The molecule has 0 heterocycles. The highest BCUT2D eigenvalue weighted by Crippen LogP contribution is 2.06. The van der Waals surface area contributed by atoms with Crippen molar-refractivity contribution in [2.45, 2.75) is 51.9 Å². The number of hydrogen-bond acceptors (Lipinski definition) is 2. The summed E-state index contributed by atoms with van der Waals surface area (Å²) in [5, 5.41) is 0. The minimum atomic E-state index is 0.542. The maximum Gasteiger partial charge on any atom is 0.0700 e. The molecule has 0 saturated carbocycles. The molecule has 1 radical (unpaired) electrons. The van der Waals surface area contributed by atoms with Crippen LogP contribution in [0.15, 0.2) is 0 Å². The van der Waals surface area contributed by atoms with Gasteiger partial charge in [0.25, 0.3) is 0 Å². The highest BCUT2D eigenvalue weighted by atomic mass is 16.5. The van der Waals surface area contributed by atoms with Crippen LogP contribution in [-0.4, -0.2) is 26.4 Å².